The van der Waals surface area contributed by atoms with Crippen LogP contribution in [0, 0.1) is 40.9 Å². The van der Waals surface area contributed by atoms with Gasteiger partial charge in [-0.3, -0.25) is 24.0 Å². The summed E-state index contributed by atoms with van der Waals surface area (Å²) in [7, 11) is 4.49. The molecule has 16 atom stereocenters. The number of ketones is 3. The van der Waals surface area contributed by atoms with Crippen molar-refractivity contribution in [3.63, 3.8) is 0 Å². The lowest BCUT2D eigenvalue weighted by Gasteiger charge is -2.42. The molecule has 4 rings (SSSR count). The van der Waals surface area contributed by atoms with E-state index in [9.17, 15) is 44.1 Å². The van der Waals surface area contributed by atoms with E-state index in [2.05, 4.69) is 0 Å². The van der Waals surface area contributed by atoms with Gasteiger partial charge in [0.05, 0.1) is 30.3 Å². The van der Waals surface area contributed by atoms with Gasteiger partial charge in [-0.05, 0) is 120 Å². The van der Waals surface area contributed by atoms with E-state index in [-0.39, 0.29) is 49.4 Å². The zero-order valence-corrected chi connectivity index (χ0v) is 45.8. The second-order valence-electron chi connectivity index (χ2n) is 22.0. The summed E-state index contributed by atoms with van der Waals surface area (Å²) < 4.78 is 35.7. The zero-order chi connectivity index (χ0) is 54.4. The van der Waals surface area contributed by atoms with Crippen molar-refractivity contribution in [2.24, 2.45) is 40.9 Å². The highest BCUT2D eigenvalue weighted by atomic mass is 16.6. The van der Waals surface area contributed by atoms with Crippen LogP contribution in [0.25, 0.3) is 0 Å². The molecule has 1 saturated carbocycles. The van der Waals surface area contributed by atoms with Gasteiger partial charge >= 0.3 is 11.9 Å². The van der Waals surface area contributed by atoms with Gasteiger partial charge in [-0.25, -0.2) is 4.79 Å². The summed E-state index contributed by atoms with van der Waals surface area (Å²) in [4.78, 5) is 85.6. The number of hydrogen-bond donors (Lipinski definition) is 3. The minimum atomic E-state index is -2.46. The molecule has 2 bridgehead atoms. The van der Waals surface area contributed by atoms with Gasteiger partial charge in [-0.1, -0.05) is 78.0 Å². The standard InChI is InChI=1S/C57H89NO15/c1-13-56(9,33-59)55(66)72-45-25-23-41(30-48(45)69-11)29-37(5)47-32-44(60)36(4)28-39(7)50(62)51(70-12)49(61)38(6)27-34(2)19-15-14-16-20-35(3)46(68-10)31-42-24-22-40(8)57(67,73-42)52(63)53(64)58-26-18-17-21-43(58)54(65)71-47/h14-16,19-20,28,34,36-38,40-43,45-48,50-51,59,62,67H,13,17-18,21-27,29-33H2,1-12H3/b16-14+,19-15+,35-20+,39-28+/t34-,36-,37-,38-,40-,41+,42+,43+,45-,46+,47?,48-,50-,51+,56?,57-/m1/s1. The number of methoxy groups -OCH3 is 3. The molecule has 0 aromatic heterocycles. The molecule has 16 heteroatoms. The number of allylic oxidation sites excluding steroid dienone is 6. The molecule has 3 heterocycles. The highest BCUT2D eigenvalue weighted by Crippen LogP contribution is 2.39. The fourth-order valence-corrected chi connectivity index (χ4v) is 10.8. The molecule has 2 saturated heterocycles. The number of aliphatic hydroxyl groups is 3. The Morgan fingerprint density at radius 3 is 2.25 bits per heavy atom. The average Bonchev–Trinajstić information content (AvgIpc) is 3.37. The van der Waals surface area contributed by atoms with Gasteiger partial charge in [-0.2, -0.15) is 0 Å². The Kier molecular flexibility index (Phi) is 23.9. The smallest absolute Gasteiger partial charge is 0.329 e. The van der Waals surface area contributed by atoms with E-state index in [0.717, 1.165) is 5.57 Å². The van der Waals surface area contributed by atoms with E-state index in [1.807, 2.05) is 58.1 Å². The molecule has 1 amide bonds. The molecule has 3 fully saturated rings. The number of rotatable bonds is 10. The van der Waals surface area contributed by atoms with Gasteiger partial charge in [0.1, 0.15) is 36.2 Å². The molecule has 16 nitrogen and oxygen atoms in total. The van der Waals surface area contributed by atoms with Crippen LogP contribution in [0.5, 0.6) is 0 Å². The SMILES string of the molecule is CCC(C)(CO)C(=O)O[C@@H]1CC[C@@H](C[C@@H](C)C2CC(=O)[C@H](C)/C=C(\C)[C@@H](O)[C@@H](OC)C(=O)[C@H](C)C[C@H](C)/C=C/C=C/C=C(\C)[C@@H](OC)C[C@@H]3CC[C@@H](C)[C@@](O)(O3)C(=O)C(=O)N3CCCC[C@H]3C(=O)O2)C[C@H]1OC. The van der Waals surface area contributed by atoms with E-state index in [0.29, 0.717) is 76.2 Å². The van der Waals surface area contributed by atoms with Crippen molar-refractivity contribution in [3.05, 3.63) is 47.6 Å². The Balaban J connectivity index is 1.69. The lowest BCUT2D eigenvalue weighted by Crippen LogP contribution is -2.61. The van der Waals surface area contributed by atoms with Crippen LogP contribution in [0.2, 0.25) is 0 Å². The predicted octanol–water partition coefficient (Wildman–Crippen LogP) is 7.14. The maximum Gasteiger partial charge on any atom is 0.329 e. The maximum atomic E-state index is 14.6. The molecule has 412 valence electrons. The highest BCUT2D eigenvalue weighted by Gasteiger charge is 2.53. The van der Waals surface area contributed by atoms with Crippen molar-refractivity contribution in [1.29, 1.82) is 0 Å². The van der Waals surface area contributed by atoms with Crippen molar-refractivity contribution in [2.45, 2.75) is 200 Å². The van der Waals surface area contributed by atoms with Gasteiger partial charge in [0.15, 0.2) is 5.78 Å². The molecular formula is C57H89NO15. The Morgan fingerprint density at radius 2 is 1.60 bits per heavy atom. The van der Waals surface area contributed by atoms with Crippen molar-refractivity contribution in [2.75, 3.05) is 34.5 Å². The first-order valence-corrected chi connectivity index (χ1v) is 26.8. The normalized spacial score (nSPS) is 38.1. The molecule has 2 unspecified atom stereocenters. The van der Waals surface area contributed by atoms with Crippen LogP contribution in [0.4, 0.5) is 0 Å². The van der Waals surface area contributed by atoms with Crippen molar-refractivity contribution >= 4 is 35.2 Å². The molecule has 1 aliphatic carbocycles. The number of amides is 1. The lowest BCUT2D eigenvalue weighted by molar-refractivity contribution is -0.265. The first kappa shape index (κ1) is 61.6. The fraction of sp³-hybridized carbons (Fsp3) is 0.754. The monoisotopic (exact) mass is 1030 g/mol. The number of carbonyl (C=O) groups is 6. The van der Waals surface area contributed by atoms with Crippen molar-refractivity contribution in [3.8, 4) is 0 Å². The number of fused-ring (bicyclic) bond motifs is 3. The summed E-state index contributed by atoms with van der Waals surface area (Å²) in [5.74, 6) is -8.90. The van der Waals surface area contributed by atoms with E-state index in [4.69, 9.17) is 28.4 Å². The Bertz CT molecular complexity index is 2010. The van der Waals surface area contributed by atoms with Crippen molar-refractivity contribution < 1.29 is 72.5 Å². The topological polar surface area (TPSA) is 222 Å². The molecule has 3 N–H and O–H groups in total. The molecule has 0 spiro atoms. The van der Waals surface area contributed by atoms with E-state index in [1.165, 1.54) is 12.0 Å². The molecule has 3 aliphatic heterocycles. The number of esters is 2. The number of Topliss-reactive ketones (excluding diaryl/α,β-unsaturated/α-hetero) is 3. The van der Waals surface area contributed by atoms with Gasteiger partial charge in [0, 0.05) is 58.5 Å². The third kappa shape index (κ3) is 16.1. The molecular weight excluding hydrogens is 939 g/mol. The van der Waals surface area contributed by atoms with Gasteiger partial charge in [0.25, 0.3) is 11.7 Å². The van der Waals surface area contributed by atoms with Crippen LogP contribution in [-0.2, 0) is 57.2 Å². The largest absolute Gasteiger partial charge is 0.460 e. The van der Waals surface area contributed by atoms with Crippen molar-refractivity contribution in [1.82, 2.24) is 4.90 Å². The average molecular weight is 1030 g/mol. The van der Waals surface area contributed by atoms with E-state index in [1.54, 1.807) is 54.9 Å². The number of nitrogens with zero attached hydrogens (tertiary/aromatic N) is 1. The molecule has 0 aromatic rings. The quantitative estimate of drug-likeness (QED) is 0.112. The summed E-state index contributed by atoms with van der Waals surface area (Å²) in [5.41, 5.74) is 0.188. The third-order valence-electron chi connectivity index (χ3n) is 16.3. The molecule has 73 heavy (non-hydrogen) atoms. The summed E-state index contributed by atoms with van der Waals surface area (Å²) in [6.45, 7) is 15.8. The van der Waals surface area contributed by atoms with Crippen LogP contribution < -0.4 is 0 Å². The number of cyclic esters (lactones) is 1. The summed E-state index contributed by atoms with van der Waals surface area (Å²) in [6, 6.07) is -1.18. The number of piperidine rings is 1. The van der Waals surface area contributed by atoms with Crippen LogP contribution in [0.3, 0.4) is 0 Å². The Labute approximate surface area is 434 Å². The fourth-order valence-electron chi connectivity index (χ4n) is 10.8. The van der Waals surface area contributed by atoms with Gasteiger partial charge in [-0.15, -0.1) is 0 Å². The van der Waals surface area contributed by atoms with Crippen LogP contribution in [0.1, 0.15) is 146 Å². The summed E-state index contributed by atoms with van der Waals surface area (Å²) in [5, 5.41) is 33.5. The molecule has 4 aliphatic rings. The highest BCUT2D eigenvalue weighted by molar-refractivity contribution is 6.39. The van der Waals surface area contributed by atoms with Crippen LogP contribution in [-0.4, -0.2) is 144 Å². The number of hydrogen-bond acceptors (Lipinski definition) is 15. The molecule has 0 aromatic carbocycles. The zero-order valence-electron chi connectivity index (χ0n) is 45.8. The maximum absolute atomic E-state index is 14.6. The number of carbonyl (C=O) groups excluding carboxylic acids is 6. The summed E-state index contributed by atoms with van der Waals surface area (Å²) >= 11 is 0. The van der Waals surface area contributed by atoms with Gasteiger partial charge in [0.2, 0.25) is 5.79 Å². The molecule has 0 radical (unpaired) electrons. The van der Waals surface area contributed by atoms with E-state index < -0.39 is 107 Å². The lowest BCUT2D eigenvalue weighted by atomic mass is 9.78. The number of aliphatic hydroxyl groups excluding tert-OH is 2. The first-order chi connectivity index (χ1) is 34.5. The number of ether oxygens (including phenoxy) is 6. The first-order valence-electron chi connectivity index (χ1n) is 26.8. The second kappa shape index (κ2) is 28.3. The minimum Gasteiger partial charge on any atom is -0.460 e. The van der Waals surface area contributed by atoms with Crippen LogP contribution >= 0.6 is 0 Å². The Morgan fingerprint density at radius 1 is 0.890 bits per heavy atom. The van der Waals surface area contributed by atoms with Crippen LogP contribution in [0.15, 0.2) is 47.6 Å². The Hall–Kier alpha value is -3.90. The minimum absolute atomic E-state index is 0.000594. The predicted molar refractivity (Wildman–Crippen MR) is 274 cm³/mol. The van der Waals surface area contributed by atoms with Gasteiger partial charge < -0.3 is 48.6 Å². The second-order valence-corrected chi connectivity index (χ2v) is 22.0. The third-order valence-corrected chi connectivity index (χ3v) is 16.3. The summed E-state index contributed by atoms with van der Waals surface area (Å²) in [6.07, 6.45) is 10.8. The van der Waals surface area contributed by atoms with E-state index >= 15 is 0 Å².